The Morgan fingerprint density at radius 3 is 2.61 bits per heavy atom. The molecular formula is C21H25F3N4O2S. The van der Waals surface area contributed by atoms with Crippen molar-refractivity contribution in [3.63, 3.8) is 0 Å². The second kappa shape index (κ2) is 8.74. The Kier molecular flexibility index (Phi) is 6.20. The van der Waals surface area contributed by atoms with Gasteiger partial charge in [0.2, 0.25) is 0 Å². The van der Waals surface area contributed by atoms with Crippen molar-refractivity contribution in [2.24, 2.45) is 0 Å². The van der Waals surface area contributed by atoms with Crippen LogP contribution in [0.2, 0.25) is 0 Å². The Morgan fingerprint density at radius 1 is 1.23 bits per heavy atom. The highest BCUT2D eigenvalue weighted by molar-refractivity contribution is 7.82. The number of hydrogen-bond donors (Lipinski definition) is 1. The number of piperidine rings is 1. The fourth-order valence-electron chi connectivity index (χ4n) is 4.46. The van der Waals surface area contributed by atoms with E-state index in [1.54, 1.807) is 11.0 Å². The number of hydrogen-bond acceptors (Lipinski definition) is 3. The average Bonchev–Trinajstić information content (AvgIpc) is 3.21. The van der Waals surface area contributed by atoms with Crippen LogP contribution in [0, 0.1) is 0 Å². The zero-order chi connectivity index (χ0) is 22.2. The van der Waals surface area contributed by atoms with Crippen molar-refractivity contribution in [1.82, 2.24) is 19.4 Å². The number of nitrogens with zero attached hydrogens (tertiary/aromatic N) is 3. The van der Waals surface area contributed by atoms with Gasteiger partial charge in [0, 0.05) is 49.6 Å². The van der Waals surface area contributed by atoms with Gasteiger partial charge in [-0.15, -0.1) is 0 Å². The topological polar surface area (TPSA) is 69.3 Å². The molecule has 0 saturated carbocycles. The summed E-state index contributed by atoms with van der Waals surface area (Å²) in [6.07, 6.45) is -2.80. The number of rotatable bonds is 4. The van der Waals surface area contributed by atoms with Crippen molar-refractivity contribution < 1.29 is 22.2 Å². The smallest absolute Gasteiger partial charge is 0.337 e. The minimum absolute atomic E-state index is 0.218. The zero-order valence-electron chi connectivity index (χ0n) is 17.2. The van der Waals surface area contributed by atoms with E-state index in [0.717, 1.165) is 17.3 Å². The van der Waals surface area contributed by atoms with Gasteiger partial charge in [0.15, 0.2) is 5.69 Å². The van der Waals surface area contributed by atoms with Crippen molar-refractivity contribution in [3.05, 3.63) is 52.3 Å². The molecular weight excluding hydrogens is 429 g/mol. The summed E-state index contributed by atoms with van der Waals surface area (Å²) in [5.74, 6) is 0.0604. The molecule has 0 bridgehead atoms. The van der Waals surface area contributed by atoms with Gasteiger partial charge >= 0.3 is 6.18 Å². The van der Waals surface area contributed by atoms with Crippen LogP contribution >= 0.6 is 0 Å². The number of fused-ring (bicyclic) bond motifs is 1. The number of nitrogens with one attached hydrogen (secondary N) is 1. The van der Waals surface area contributed by atoms with Gasteiger partial charge in [-0.3, -0.25) is 9.89 Å². The van der Waals surface area contributed by atoms with Gasteiger partial charge in [0.1, 0.15) is 0 Å². The largest absolute Gasteiger partial charge is 0.416 e. The standard InChI is InChI=1S/C21H25F3N4O2S/c1-2-31(30)28-12-9-18-16(13-28)19(26-25-18)20(29)27-10-7-14(8-11-27)15-5-3-4-6-17(15)21(22,23)24/h3-6,14H,2,7-13H2,1H3,(H,25,26). The fraction of sp³-hybridized carbons (Fsp3) is 0.524. The fourth-order valence-corrected chi connectivity index (χ4v) is 5.39. The number of aromatic nitrogens is 2. The number of benzene rings is 1. The maximum absolute atomic E-state index is 13.4. The molecule has 6 nitrogen and oxygen atoms in total. The SMILES string of the molecule is CCS(=O)N1CCc2[nH]nc(C(=O)N3CCC(c4ccccc4C(F)(F)F)CC3)c2C1. The van der Waals surface area contributed by atoms with Crippen molar-refractivity contribution in [2.45, 2.75) is 44.8 Å². The van der Waals surface area contributed by atoms with E-state index in [2.05, 4.69) is 10.2 Å². The van der Waals surface area contributed by atoms with E-state index in [-0.39, 0.29) is 11.8 Å². The molecule has 1 aromatic carbocycles. The number of amides is 1. The second-order valence-electron chi connectivity index (χ2n) is 7.90. The zero-order valence-corrected chi connectivity index (χ0v) is 18.1. The van der Waals surface area contributed by atoms with Crippen molar-refractivity contribution in [2.75, 3.05) is 25.4 Å². The molecule has 1 unspecified atom stereocenters. The Morgan fingerprint density at radius 2 is 1.94 bits per heavy atom. The number of alkyl halides is 3. The van der Waals surface area contributed by atoms with Gasteiger partial charge in [-0.2, -0.15) is 18.3 Å². The van der Waals surface area contributed by atoms with E-state index in [0.29, 0.717) is 62.5 Å². The molecule has 1 saturated heterocycles. The molecule has 2 aliphatic rings. The lowest BCUT2D eigenvalue weighted by Crippen LogP contribution is -2.39. The lowest BCUT2D eigenvalue weighted by molar-refractivity contribution is -0.138. The Bertz CT molecular complexity index is 983. The van der Waals surface area contributed by atoms with Crippen LogP contribution in [0.1, 0.15) is 58.6 Å². The number of carbonyl (C=O) groups excluding carboxylic acids is 1. The van der Waals surface area contributed by atoms with Gasteiger partial charge in [0.25, 0.3) is 5.91 Å². The summed E-state index contributed by atoms with van der Waals surface area (Å²) in [5, 5.41) is 7.16. The number of aromatic amines is 1. The summed E-state index contributed by atoms with van der Waals surface area (Å²) < 4.78 is 54.1. The highest BCUT2D eigenvalue weighted by atomic mass is 32.2. The summed E-state index contributed by atoms with van der Waals surface area (Å²) in [5.41, 5.74) is 1.72. The first-order valence-corrected chi connectivity index (χ1v) is 11.7. The molecule has 31 heavy (non-hydrogen) atoms. The first-order valence-electron chi connectivity index (χ1n) is 10.4. The third-order valence-corrected chi connectivity index (χ3v) is 7.51. The molecule has 1 atom stereocenters. The van der Waals surface area contributed by atoms with Crippen LogP contribution in [0.15, 0.2) is 24.3 Å². The van der Waals surface area contributed by atoms with Crippen molar-refractivity contribution in [1.29, 1.82) is 0 Å². The van der Waals surface area contributed by atoms with Crippen LogP contribution in [-0.2, 0) is 30.1 Å². The monoisotopic (exact) mass is 454 g/mol. The third kappa shape index (κ3) is 4.41. The molecule has 0 spiro atoms. The van der Waals surface area contributed by atoms with Gasteiger partial charge < -0.3 is 4.90 Å². The highest BCUT2D eigenvalue weighted by Crippen LogP contribution is 2.38. The molecule has 4 rings (SSSR count). The lowest BCUT2D eigenvalue weighted by Gasteiger charge is -2.33. The highest BCUT2D eigenvalue weighted by Gasteiger charge is 2.37. The summed E-state index contributed by atoms with van der Waals surface area (Å²) in [4.78, 5) is 14.8. The first-order chi connectivity index (χ1) is 14.8. The molecule has 1 amide bonds. The van der Waals surface area contributed by atoms with Crippen LogP contribution in [0.3, 0.4) is 0 Å². The number of H-pyrrole nitrogens is 1. The maximum Gasteiger partial charge on any atom is 0.416 e. The Balaban J connectivity index is 1.46. The molecule has 1 aromatic heterocycles. The predicted octanol–water partition coefficient (Wildman–Crippen LogP) is 3.49. The van der Waals surface area contributed by atoms with E-state index < -0.39 is 22.7 Å². The summed E-state index contributed by atoms with van der Waals surface area (Å²) in [6, 6.07) is 5.69. The molecule has 3 heterocycles. The molecule has 1 fully saturated rings. The summed E-state index contributed by atoms with van der Waals surface area (Å²) in [7, 11) is -1.09. The van der Waals surface area contributed by atoms with E-state index in [1.807, 2.05) is 11.2 Å². The average molecular weight is 455 g/mol. The van der Waals surface area contributed by atoms with Crippen LogP contribution in [0.25, 0.3) is 0 Å². The molecule has 2 aromatic rings. The van der Waals surface area contributed by atoms with Crippen LogP contribution in [0.5, 0.6) is 0 Å². The van der Waals surface area contributed by atoms with Crippen molar-refractivity contribution >= 4 is 16.9 Å². The number of likely N-dealkylation sites (tertiary alicyclic amines) is 1. The van der Waals surface area contributed by atoms with Crippen molar-refractivity contribution in [3.8, 4) is 0 Å². The number of halogens is 3. The number of carbonyl (C=O) groups is 1. The lowest BCUT2D eigenvalue weighted by atomic mass is 9.86. The minimum atomic E-state index is -4.39. The van der Waals surface area contributed by atoms with Crippen LogP contribution in [0.4, 0.5) is 13.2 Å². The molecule has 1 N–H and O–H groups in total. The Hall–Kier alpha value is -2.20. The first kappa shape index (κ1) is 22.0. The maximum atomic E-state index is 13.4. The molecule has 2 aliphatic heterocycles. The van der Waals surface area contributed by atoms with Crippen LogP contribution < -0.4 is 0 Å². The normalized spacial score (nSPS) is 19.3. The molecule has 10 heteroatoms. The van der Waals surface area contributed by atoms with Gasteiger partial charge in [-0.1, -0.05) is 25.1 Å². The van der Waals surface area contributed by atoms with Gasteiger partial charge in [-0.05, 0) is 30.4 Å². The molecule has 168 valence electrons. The molecule has 0 aliphatic carbocycles. The predicted molar refractivity (Wildman–Crippen MR) is 111 cm³/mol. The molecule has 0 radical (unpaired) electrons. The van der Waals surface area contributed by atoms with Gasteiger partial charge in [-0.25, -0.2) is 8.51 Å². The van der Waals surface area contributed by atoms with E-state index in [1.165, 1.54) is 12.1 Å². The van der Waals surface area contributed by atoms with Gasteiger partial charge in [0.05, 0.1) is 16.5 Å². The summed E-state index contributed by atoms with van der Waals surface area (Å²) in [6.45, 7) is 3.66. The quantitative estimate of drug-likeness (QED) is 0.769. The third-order valence-electron chi connectivity index (χ3n) is 6.12. The van der Waals surface area contributed by atoms with E-state index in [9.17, 15) is 22.2 Å². The van der Waals surface area contributed by atoms with Crippen LogP contribution in [-0.4, -0.2) is 54.9 Å². The minimum Gasteiger partial charge on any atom is -0.337 e. The Labute approximate surface area is 181 Å². The van der Waals surface area contributed by atoms with E-state index >= 15 is 0 Å². The summed E-state index contributed by atoms with van der Waals surface area (Å²) >= 11 is 0. The second-order valence-corrected chi connectivity index (χ2v) is 9.64. The van der Waals surface area contributed by atoms with E-state index in [4.69, 9.17) is 0 Å².